The van der Waals surface area contributed by atoms with Gasteiger partial charge in [-0.05, 0) is 25.5 Å². The molecular weight excluding hydrogens is 312 g/mol. The lowest BCUT2D eigenvalue weighted by atomic mass is 10.2. The number of aromatic nitrogens is 1. The standard InChI is InChI=1S/C17H16N2O5/c1-3-8(2)18-9-4-5-11-13(6-9)24-16-14(19-11)10(17(22)23)7-12(20)15(16)21/h4-8,18-19H,3H2,1-2H3,(H,22,23). The summed E-state index contributed by atoms with van der Waals surface area (Å²) in [6, 6.07) is 6.32. The summed E-state index contributed by atoms with van der Waals surface area (Å²) in [6.45, 7) is 4.09. The molecule has 1 aromatic rings. The maximum atomic E-state index is 12.0. The zero-order chi connectivity index (χ0) is 17.4. The van der Waals surface area contributed by atoms with Crippen LogP contribution in [0.3, 0.4) is 0 Å². The lowest BCUT2D eigenvalue weighted by molar-refractivity contribution is 0.0695. The Bertz CT molecular complexity index is 1110. The molecule has 0 bridgehead atoms. The summed E-state index contributed by atoms with van der Waals surface area (Å²) in [5.41, 5.74) is -0.668. The largest absolute Gasteiger partial charge is 0.478 e. The molecule has 0 fully saturated rings. The SMILES string of the molecule is CCC(C)Nc1ccc2[nH]c3c(C(=O)O)cc(=O)c(=O)c=3oc2c1. The van der Waals surface area contributed by atoms with Crippen molar-refractivity contribution in [3.63, 3.8) is 0 Å². The third-order valence-electron chi connectivity index (χ3n) is 3.91. The van der Waals surface area contributed by atoms with Gasteiger partial charge in [0.2, 0.25) is 10.8 Å². The summed E-state index contributed by atoms with van der Waals surface area (Å²) in [5, 5.41) is 12.5. The molecule has 0 spiro atoms. The Morgan fingerprint density at radius 2 is 2.08 bits per heavy atom. The molecule has 1 heterocycles. The molecule has 7 heteroatoms. The van der Waals surface area contributed by atoms with Crippen molar-refractivity contribution in [1.82, 2.24) is 4.98 Å². The molecule has 3 rings (SSSR count). The van der Waals surface area contributed by atoms with Crippen molar-refractivity contribution in [3.8, 4) is 0 Å². The minimum absolute atomic E-state index is 0.00207. The van der Waals surface area contributed by atoms with Gasteiger partial charge < -0.3 is 19.8 Å². The number of aromatic carboxylic acids is 1. The Balaban J connectivity index is 2.34. The monoisotopic (exact) mass is 328 g/mol. The van der Waals surface area contributed by atoms with Gasteiger partial charge in [0, 0.05) is 23.9 Å². The highest BCUT2D eigenvalue weighted by molar-refractivity contribution is 5.88. The summed E-state index contributed by atoms with van der Waals surface area (Å²) in [6.07, 6.45) is 0.936. The van der Waals surface area contributed by atoms with Crippen molar-refractivity contribution >= 4 is 22.8 Å². The van der Waals surface area contributed by atoms with Gasteiger partial charge in [0.15, 0.2) is 5.58 Å². The number of carbonyl (C=O) groups is 1. The van der Waals surface area contributed by atoms with E-state index in [1.807, 2.05) is 13.0 Å². The highest BCUT2D eigenvalue weighted by Crippen LogP contribution is 2.19. The number of carboxylic acids is 1. The number of nitrogens with one attached hydrogen (secondary N) is 2. The van der Waals surface area contributed by atoms with Crippen LogP contribution in [0.25, 0.3) is 11.1 Å². The number of benzene rings is 1. The zero-order valence-electron chi connectivity index (χ0n) is 13.2. The number of rotatable bonds is 4. The fourth-order valence-corrected chi connectivity index (χ4v) is 2.44. The van der Waals surface area contributed by atoms with E-state index in [2.05, 4.69) is 17.2 Å². The molecule has 0 saturated heterocycles. The van der Waals surface area contributed by atoms with Gasteiger partial charge in [-0.15, -0.1) is 0 Å². The highest BCUT2D eigenvalue weighted by Gasteiger charge is 2.14. The van der Waals surface area contributed by atoms with Crippen molar-refractivity contribution in [2.75, 3.05) is 5.32 Å². The van der Waals surface area contributed by atoms with Gasteiger partial charge in [-0.1, -0.05) is 6.92 Å². The van der Waals surface area contributed by atoms with Crippen LogP contribution in [0.1, 0.15) is 30.6 Å². The van der Waals surface area contributed by atoms with Gasteiger partial charge in [0.25, 0.3) is 5.43 Å². The molecule has 0 saturated carbocycles. The Morgan fingerprint density at radius 1 is 1.33 bits per heavy atom. The quantitative estimate of drug-likeness (QED) is 0.632. The first-order chi connectivity index (χ1) is 11.4. The molecule has 1 aliphatic carbocycles. The molecule has 124 valence electrons. The second-order valence-corrected chi connectivity index (χ2v) is 5.65. The zero-order valence-corrected chi connectivity index (χ0v) is 13.2. The second-order valence-electron chi connectivity index (χ2n) is 5.65. The fraction of sp³-hybridized carbons (Fsp3) is 0.235. The molecule has 0 aromatic heterocycles. The molecule has 1 aromatic carbocycles. The first-order valence-electron chi connectivity index (χ1n) is 7.54. The summed E-state index contributed by atoms with van der Waals surface area (Å²) in [5.74, 6) is -1.31. The minimum atomic E-state index is -1.31. The smallest absolute Gasteiger partial charge is 0.338 e. The summed E-state index contributed by atoms with van der Waals surface area (Å²) < 4.78 is 5.56. The maximum absolute atomic E-state index is 12.0. The second kappa shape index (κ2) is 5.84. The molecule has 24 heavy (non-hydrogen) atoms. The Kier molecular flexibility index (Phi) is 3.84. The molecule has 0 amide bonds. The van der Waals surface area contributed by atoms with Gasteiger partial charge in [-0.3, -0.25) is 9.59 Å². The van der Waals surface area contributed by atoms with Crippen LogP contribution in [0.5, 0.6) is 0 Å². The van der Waals surface area contributed by atoms with Gasteiger partial charge >= 0.3 is 5.97 Å². The van der Waals surface area contributed by atoms with E-state index in [0.717, 1.165) is 18.2 Å². The molecular formula is C17H16N2O5. The van der Waals surface area contributed by atoms with E-state index < -0.39 is 16.8 Å². The molecule has 2 aliphatic rings. The van der Waals surface area contributed by atoms with Crippen molar-refractivity contribution in [2.24, 2.45) is 0 Å². The molecule has 3 N–H and O–H groups in total. The normalized spacial score (nSPS) is 12.4. The van der Waals surface area contributed by atoms with Crippen LogP contribution in [0.15, 0.2) is 38.3 Å². The first kappa shape index (κ1) is 15.8. The number of anilines is 1. The highest BCUT2D eigenvalue weighted by atomic mass is 16.4. The van der Waals surface area contributed by atoms with E-state index >= 15 is 0 Å². The number of fused-ring (bicyclic) bond motifs is 1. The van der Waals surface area contributed by atoms with E-state index in [1.54, 1.807) is 12.1 Å². The van der Waals surface area contributed by atoms with E-state index in [9.17, 15) is 19.5 Å². The number of hydrogen-bond acceptors (Lipinski definition) is 5. The van der Waals surface area contributed by atoms with Crippen LogP contribution < -0.4 is 16.2 Å². The van der Waals surface area contributed by atoms with E-state index in [4.69, 9.17) is 4.42 Å². The topological polar surface area (TPSA) is 112 Å². The lowest BCUT2D eigenvalue weighted by Crippen LogP contribution is -2.26. The Morgan fingerprint density at radius 3 is 2.75 bits per heavy atom. The number of aromatic amines is 1. The average Bonchev–Trinajstić information content (AvgIpc) is 2.56. The maximum Gasteiger partial charge on any atom is 0.338 e. The summed E-state index contributed by atoms with van der Waals surface area (Å²) in [7, 11) is 0. The number of carboxylic acid groups (broad SMARTS) is 1. The van der Waals surface area contributed by atoms with Crippen molar-refractivity contribution in [1.29, 1.82) is 0 Å². The Hall–Kier alpha value is -3.09. The van der Waals surface area contributed by atoms with Crippen molar-refractivity contribution in [3.05, 3.63) is 61.0 Å². The summed E-state index contributed by atoms with van der Waals surface area (Å²) in [4.78, 5) is 37.9. The Labute approximate surface area is 135 Å². The first-order valence-corrected chi connectivity index (χ1v) is 7.54. The lowest BCUT2D eigenvalue weighted by Gasteiger charge is -2.13. The van der Waals surface area contributed by atoms with E-state index in [-0.39, 0.29) is 22.4 Å². The number of H-pyrrole nitrogens is 1. The predicted molar refractivity (Wildman–Crippen MR) is 88.7 cm³/mol. The van der Waals surface area contributed by atoms with Crippen LogP contribution in [0.2, 0.25) is 0 Å². The van der Waals surface area contributed by atoms with Gasteiger partial charge in [0.05, 0.1) is 11.1 Å². The van der Waals surface area contributed by atoms with E-state index in [0.29, 0.717) is 11.1 Å². The van der Waals surface area contributed by atoms with Crippen molar-refractivity contribution < 1.29 is 14.3 Å². The van der Waals surface area contributed by atoms with Gasteiger partial charge in [-0.2, -0.15) is 0 Å². The molecule has 1 unspecified atom stereocenters. The molecule has 1 atom stereocenters. The van der Waals surface area contributed by atoms with Crippen LogP contribution in [-0.2, 0) is 0 Å². The summed E-state index contributed by atoms with van der Waals surface area (Å²) >= 11 is 0. The predicted octanol–water partition coefficient (Wildman–Crippen LogP) is 2.11. The van der Waals surface area contributed by atoms with Crippen LogP contribution in [0.4, 0.5) is 5.69 Å². The van der Waals surface area contributed by atoms with Gasteiger partial charge in [0.1, 0.15) is 5.35 Å². The average molecular weight is 328 g/mol. The third kappa shape index (κ3) is 2.64. The van der Waals surface area contributed by atoms with E-state index in [1.165, 1.54) is 0 Å². The molecule has 0 radical (unpaired) electrons. The van der Waals surface area contributed by atoms with Crippen LogP contribution in [-0.4, -0.2) is 22.1 Å². The minimum Gasteiger partial charge on any atom is -0.478 e. The van der Waals surface area contributed by atoms with Crippen molar-refractivity contribution in [2.45, 2.75) is 26.3 Å². The van der Waals surface area contributed by atoms with Crippen LogP contribution >= 0.6 is 0 Å². The molecule has 7 nitrogen and oxygen atoms in total. The van der Waals surface area contributed by atoms with Gasteiger partial charge in [-0.25, -0.2) is 4.79 Å². The number of hydrogen-bond donors (Lipinski definition) is 3. The third-order valence-corrected chi connectivity index (χ3v) is 3.91. The molecule has 1 aliphatic heterocycles. The van der Waals surface area contributed by atoms with Crippen LogP contribution in [0, 0.1) is 10.8 Å². The fourth-order valence-electron chi connectivity index (χ4n) is 2.44.